The summed E-state index contributed by atoms with van der Waals surface area (Å²) in [5, 5.41) is 1.51. The van der Waals surface area contributed by atoms with Crippen LogP contribution in [0.15, 0.2) is 28.4 Å². The number of nitrogens with two attached hydrogens (primary N) is 1. The summed E-state index contributed by atoms with van der Waals surface area (Å²) in [7, 11) is 0. The highest BCUT2D eigenvalue weighted by Gasteiger charge is 2.13. The van der Waals surface area contributed by atoms with Gasteiger partial charge in [-0.15, -0.1) is 11.8 Å². The normalized spacial score (nSPS) is 15.6. The summed E-state index contributed by atoms with van der Waals surface area (Å²) in [6.45, 7) is 1.76. The number of nitrogens with zero attached hydrogens (tertiary/aromatic N) is 3. The number of rotatable bonds is 5. The third-order valence-electron chi connectivity index (χ3n) is 3.15. The number of nitrogen functional groups attached to an aromatic ring is 1. The Kier molecular flexibility index (Phi) is 6.38. The molecule has 0 bridgehead atoms. The van der Waals surface area contributed by atoms with Gasteiger partial charge in [0.25, 0.3) is 0 Å². The van der Waals surface area contributed by atoms with E-state index in [9.17, 15) is 4.79 Å². The molecular formula is C14H20N4OS2. The van der Waals surface area contributed by atoms with Crippen molar-refractivity contribution in [1.82, 2.24) is 14.9 Å². The Labute approximate surface area is 133 Å². The molecule has 2 heterocycles. The van der Waals surface area contributed by atoms with Crippen LogP contribution in [0.5, 0.6) is 0 Å². The summed E-state index contributed by atoms with van der Waals surface area (Å²) in [6.07, 6.45) is 8.93. The number of aromatic nitrogens is 2. The van der Waals surface area contributed by atoms with E-state index in [0.29, 0.717) is 16.7 Å². The first-order valence-corrected chi connectivity index (χ1v) is 9.17. The van der Waals surface area contributed by atoms with E-state index in [4.69, 9.17) is 5.73 Å². The number of likely N-dealkylation sites (tertiary alicyclic amines) is 1. The van der Waals surface area contributed by atoms with Gasteiger partial charge >= 0.3 is 0 Å². The standard InChI is InChI=1S/C14H20N4OS2/c1-20-12-10-11(15)16-14(17-12)21-9-5-6-13(19)18-7-3-2-4-8-18/h5-6,10H,2-4,7-9H2,1H3,(H2,15,16,17)/b6-5+. The van der Waals surface area contributed by atoms with Crippen LogP contribution in [-0.4, -0.2) is 45.9 Å². The van der Waals surface area contributed by atoms with Gasteiger partial charge < -0.3 is 10.6 Å². The quantitative estimate of drug-likeness (QED) is 0.388. The van der Waals surface area contributed by atoms with Crippen LogP contribution in [0.4, 0.5) is 5.82 Å². The molecule has 1 aliphatic rings. The lowest BCUT2D eigenvalue weighted by atomic mass is 10.1. The fourth-order valence-corrected chi connectivity index (χ4v) is 3.23. The van der Waals surface area contributed by atoms with Crippen LogP contribution in [0.1, 0.15) is 19.3 Å². The molecule has 0 aromatic carbocycles. The molecule has 0 unspecified atom stereocenters. The zero-order chi connectivity index (χ0) is 15.1. The zero-order valence-corrected chi connectivity index (χ0v) is 13.8. The molecule has 2 N–H and O–H groups in total. The molecule has 2 rings (SSSR count). The van der Waals surface area contributed by atoms with E-state index in [1.54, 1.807) is 12.1 Å². The van der Waals surface area contributed by atoms with Crippen LogP contribution >= 0.6 is 23.5 Å². The SMILES string of the molecule is CSc1cc(N)nc(SC/C=C/C(=O)N2CCCCC2)n1. The molecule has 1 aromatic rings. The average molecular weight is 324 g/mol. The Hall–Kier alpha value is -1.21. The highest BCUT2D eigenvalue weighted by Crippen LogP contribution is 2.20. The molecule has 1 aromatic heterocycles. The first-order valence-electron chi connectivity index (χ1n) is 6.96. The number of carbonyl (C=O) groups is 1. The predicted octanol–water partition coefficient (Wildman–Crippen LogP) is 2.44. The summed E-state index contributed by atoms with van der Waals surface area (Å²) in [6, 6.07) is 1.75. The lowest BCUT2D eigenvalue weighted by Crippen LogP contribution is -2.34. The fourth-order valence-electron chi connectivity index (χ4n) is 2.08. The predicted molar refractivity (Wildman–Crippen MR) is 88.5 cm³/mol. The maximum atomic E-state index is 11.9. The molecule has 0 saturated carbocycles. The average Bonchev–Trinajstić information content (AvgIpc) is 2.51. The minimum atomic E-state index is 0.105. The molecule has 0 radical (unpaired) electrons. The molecule has 5 nitrogen and oxygen atoms in total. The van der Waals surface area contributed by atoms with Crippen LogP contribution in [-0.2, 0) is 4.79 Å². The summed E-state index contributed by atoms with van der Waals surface area (Å²) in [5.41, 5.74) is 5.73. The highest BCUT2D eigenvalue weighted by atomic mass is 32.2. The van der Waals surface area contributed by atoms with Crippen molar-refractivity contribution >= 4 is 35.2 Å². The fraction of sp³-hybridized carbons (Fsp3) is 0.500. The van der Waals surface area contributed by atoms with Gasteiger partial charge in [0.2, 0.25) is 5.91 Å². The van der Waals surface area contributed by atoms with Gasteiger partial charge in [0, 0.05) is 24.9 Å². The lowest BCUT2D eigenvalue weighted by Gasteiger charge is -2.25. The van der Waals surface area contributed by atoms with Crippen molar-refractivity contribution < 1.29 is 4.79 Å². The van der Waals surface area contributed by atoms with Crippen molar-refractivity contribution in [1.29, 1.82) is 0 Å². The molecule has 1 saturated heterocycles. The Bertz CT molecular complexity index is 516. The van der Waals surface area contributed by atoms with Crippen molar-refractivity contribution in [2.75, 3.05) is 30.8 Å². The van der Waals surface area contributed by atoms with E-state index in [2.05, 4.69) is 9.97 Å². The summed E-state index contributed by atoms with van der Waals surface area (Å²) in [5.74, 6) is 1.25. The smallest absolute Gasteiger partial charge is 0.246 e. The van der Waals surface area contributed by atoms with E-state index in [-0.39, 0.29) is 5.91 Å². The van der Waals surface area contributed by atoms with Gasteiger partial charge in [-0.2, -0.15) is 0 Å². The molecule has 114 valence electrons. The van der Waals surface area contributed by atoms with E-state index in [1.165, 1.54) is 29.9 Å². The minimum Gasteiger partial charge on any atom is -0.384 e. The molecule has 7 heteroatoms. The summed E-state index contributed by atoms with van der Waals surface area (Å²) >= 11 is 3.02. The molecule has 0 spiro atoms. The van der Waals surface area contributed by atoms with Gasteiger partial charge in [-0.1, -0.05) is 17.8 Å². The number of thioether (sulfide) groups is 2. The van der Waals surface area contributed by atoms with E-state index >= 15 is 0 Å². The highest BCUT2D eigenvalue weighted by molar-refractivity contribution is 7.99. The second-order valence-electron chi connectivity index (χ2n) is 4.72. The third kappa shape index (κ3) is 5.24. The monoisotopic (exact) mass is 324 g/mol. The molecular weight excluding hydrogens is 304 g/mol. The molecule has 0 aliphatic carbocycles. The van der Waals surface area contributed by atoms with Gasteiger partial charge in [0.15, 0.2) is 5.16 Å². The van der Waals surface area contributed by atoms with Crippen LogP contribution in [0.3, 0.4) is 0 Å². The Balaban J connectivity index is 1.81. The molecule has 21 heavy (non-hydrogen) atoms. The molecule has 1 fully saturated rings. The number of amides is 1. The van der Waals surface area contributed by atoms with E-state index in [0.717, 1.165) is 31.0 Å². The second kappa shape index (κ2) is 8.29. The van der Waals surface area contributed by atoms with Crippen molar-refractivity contribution in [2.45, 2.75) is 29.4 Å². The van der Waals surface area contributed by atoms with Crippen molar-refractivity contribution in [2.24, 2.45) is 0 Å². The minimum absolute atomic E-state index is 0.105. The number of hydrogen-bond acceptors (Lipinski definition) is 6. The van der Waals surface area contributed by atoms with E-state index in [1.807, 2.05) is 17.2 Å². The Morgan fingerprint density at radius 2 is 2.14 bits per heavy atom. The molecule has 1 amide bonds. The second-order valence-corrected chi connectivity index (χ2v) is 6.53. The molecule has 0 atom stereocenters. The van der Waals surface area contributed by atoms with Crippen LogP contribution < -0.4 is 5.73 Å². The van der Waals surface area contributed by atoms with Gasteiger partial charge in [-0.25, -0.2) is 9.97 Å². The number of piperidine rings is 1. The van der Waals surface area contributed by atoms with Crippen molar-refractivity contribution in [3.63, 3.8) is 0 Å². The largest absolute Gasteiger partial charge is 0.384 e. The van der Waals surface area contributed by atoms with Crippen molar-refractivity contribution in [3.05, 3.63) is 18.2 Å². The number of anilines is 1. The summed E-state index contributed by atoms with van der Waals surface area (Å²) in [4.78, 5) is 22.4. The van der Waals surface area contributed by atoms with Crippen LogP contribution in [0.25, 0.3) is 0 Å². The topological polar surface area (TPSA) is 72.1 Å². The Morgan fingerprint density at radius 1 is 1.38 bits per heavy atom. The maximum absolute atomic E-state index is 11.9. The first-order chi connectivity index (χ1) is 10.2. The summed E-state index contributed by atoms with van der Waals surface area (Å²) < 4.78 is 0. The molecule has 1 aliphatic heterocycles. The van der Waals surface area contributed by atoms with Gasteiger partial charge in [-0.3, -0.25) is 4.79 Å². The van der Waals surface area contributed by atoms with Crippen LogP contribution in [0.2, 0.25) is 0 Å². The van der Waals surface area contributed by atoms with E-state index < -0.39 is 0 Å². The first kappa shape index (κ1) is 16.2. The van der Waals surface area contributed by atoms with Gasteiger partial charge in [-0.05, 0) is 31.6 Å². The zero-order valence-electron chi connectivity index (χ0n) is 12.1. The Morgan fingerprint density at radius 3 is 2.86 bits per heavy atom. The third-order valence-corrected chi connectivity index (χ3v) is 4.58. The van der Waals surface area contributed by atoms with Crippen molar-refractivity contribution in [3.8, 4) is 0 Å². The number of hydrogen-bond donors (Lipinski definition) is 1. The lowest BCUT2D eigenvalue weighted by molar-refractivity contribution is -0.126. The number of carbonyl (C=O) groups excluding carboxylic acids is 1. The van der Waals surface area contributed by atoms with Gasteiger partial charge in [0.05, 0.1) is 0 Å². The van der Waals surface area contributed by atoms with Crippen LogP contribution in [0, 0.1) is 0 Å². The maximum Gasteiger partial charge on any atom is 0.246 e. The van der Waals surface area contributed by atoms with Gasteiger partial charge in [0.1, 0.15) is 10.8 Å².